The molecule has 0 saturated carbocycles. The third kappa shape index (κ3) is 1.89. The molecule has 3 heterocycles. The Morgan fingerprint density at radius 1 is 1.58 bits per heavy atom. The fraction of sp³-hybridized carbons (Fsp3) is 0.455. The fourth-order valence-corrected chi connectivity index (χ4v) is 2.36. The fourth-order valence-electron chi connectivity index (χ4n) is 2.36. The molecule has 0 unspecified atom stereocenters. The molecule has 1 fully saturated rings. The summed E-state index contributed by atoms with van der Waals surface area (Å²) in [6, 6.07) is 1.48. The standard InChI is InChI=1S/C11H13N5O3/c1-14-10-7(5-12-14)4-9(16(18)19)11(13-10)15-3-2-8(17)6-15/h4-5,8,17H,2-3,6H2,1H3/t8-/m0/s1. The first-order valence-corrected chi connectivity index (χ1v) is 5.96. The molecule has 1 N–H and O–H groups in total. The van der Waals surface area contributed by atoms with Gasteiger partial charge in [0.2, 0.25) is 5.82 Å². The van der Waals surface area contributed by atoms with E-state index in [1.165, 1.54) is 6.07 Å². The van der Waals surface area contributed by atoms with Crippen molar-refractivity contribution < 1.29 is 10.0 Å². The highest BCUT2D eigenvalue weighted by atomic mass is 16.6. The summed E-state index contributed by atoms with van der Waals surface area (Å²) in [4.78, 5) is 16.8. The van der Waals surface area contributed by atoms with Gasteiger partial charge in [-0.25, -0.2) is 4.98 Å². The van der Waals surface area contributed by atoms with E-state index in [4.69, 9.17) is 0 Å². The molecule has 0 spiro atoms. The third-order valence-electron chi connectivity index (χ3n) is 3.33. The summed E-state index contributed by atoms with van der Waals surface area (Å²) < 4.78 is 1.58. The molecule has 100 valence electrons. The van der Waals surface area contributed by atoms with Gasteiger partial charge in [-0.1, -0.05) is 0 Å². The van der Waals surface area contributed by atoms with Crippen LogP contribution in [-0.4, -0.2) is 44.0 Å². The number of aliphatic hydroxyl groups is 1. The van der Waals surface area contributed by atoms with Crippen molar-refractivity contribution in [2.75, 3.05) is 18.0 Å². The second-order valence-electron chi connectivity index (χ2n) is 4.66. The van der Waals surface area contributed by atoms with Gasteiger partial charge in [-0.2, -0.15) is 5.10 Å². The van der Waals surface area contributed by atoms with Crippen molar-refractivity contribution in [1.82, 2.24) is 14.8 Å². The molecular formula is C11H13N5O3. The minimum Gasteiger partial charge on any atom is -0.391 e. The van der Waals surface area contributed by atoms with Gasteiger partial charge in [0.05, 0.1) is 17.2 Å². The molecule has 2 aromatic heterocycles. The molecule has 0 radical (unpaired) electrons. The Morgan fingerprint density at radius 3 is 3.00 bits per heavy atom. The lowest BCUT2D eigenvalue weighted by Crippen LogP contribution is -2.23. The normalized spacial score (nSPS) is 19.3. The molecule has 2 aromatic rings. The second kappa shape index (κ2) is 4.16. The Kier molecular flexibility index (Phi) is 2.59. The molecule has 0 amide bonds. The number of aromatic nitrogens is 3. The van der Waals surface area contributed by atoms with Crippen LogP contribution in [-0.2, 0) is 7.05 Å². The zero-order chi connectivity index (χ0) is 13.6. The van der Waals surface area contributed by atoms with E-state index in [0.29, 0.717) is 36.4 Å². The Morgan fingerprint density at radius 2 is 2.37 bits per heavy atom. The van der Waals surface area contributed by atoms with Crippen molar-refractivity contribution >= 4 is 22.5 Å². The first-order valence-electron chi connectivity index (χ1n) is 5.96. The van der Waals surface area contributed by atoms with Crippen LogP contribution in [0, 0.1) is 10.1 Å². The summed E-state index contributed by atoms with van der Waals surface area (Å²) in [6.07, 6.45) is 1.70. The highest BCUT2D eigenvalue weighted by Gasteiger charge is 2.29. The van der Waals surface area contributed by atoms with Gasteiger partial charge in [0.1, 0.15) is 0 Å². The lowest BCUT2D eigenvalue weighted by atomic mass is 10.3. The Hall–Kier alpha value is -2.22. The topological polar surface area (TPSA) is 97.3 Å². The van der Waals surface area contributed by atoms with E-state index in [1.54, 1.807) is 22.8 Å². The van der Waals surface area contributed by atoms with Gasteiger partial charge in [0.15, 0.2) is 5.65 Å². The van der Waals surface area contributed by atoms with E-state index in [2.05, 4.69) is 10.1 Å². The average molecular weight is 263 g/mol. The summed E-state index contributed by atoms with van der Waals surface area (Å²) in [7, 11) is 1.74. The van der Waals surface area contributed by atoms with Crippen LogP contribution in [0.4, 0.5) is 11.5 Å². The van der Waals surface area contributed by atoms with E-state index in [9.17, 15) is 15.2 Å². The van der Waals surface area contributed by atoms with E-state index in [0.717, 1.165) is 0 Å². The molecule has 0 bridgehead atoms. The molecule has 1 saturated heterocycles. The Bertz CT molecular complexity index is 653. The largest absolute Gasteiger partial charge is 0.391 e. The predicted molar refractivity (Wildman–Crippen MR) is 68.0 cm³/mol. The molecule has 0 aromatic carbocycles. The molecule has 1 atom stereocenters. The SMILES string of the molecule is Cn1ncc2cc([N+](=O)[O-])c(N3CC[C@H](O)C3)nc21. The number of aliphatic hydroxyl groups excluding tert-OH is 1. The summed E-state index contributed by atoms with van der Waals surface area (Å²) in [5.41, 5.74) is 0.552. The number of rotatable bonds is 2. The molecule has 19 heavy (non-hydrogen) atoms. The maximum Gasteiger partial charge on any atom is 0.312 e. The molecule has 8 nitrogen and oxygen atoms in total. The number of pyridine rings is 1. The maximum absolute atomic E-state index is 11.2. The zero-order valence-electron chi connectivity index (χ0n) is 10.4. The molecule has 1 aliphatic heterocycles. The monoisotopic (exact) mass is 263 g/mol. The number of hydrogen-bond acceptors (Lipinski definition) is 6. The lowest BCUT2D eigenvalue weighted by Gasteiger charge is -2.16. The van der Waals surface area contributed by atoms with Gasteiger partial charge in [-0.3, -0.25) is 14.8 Å². The number of hydrogen-bond donors (Lipinski definition) is 1. The van der Waals surface area contributed by atoms with Crippen LogP contribution in [0.1, 0.15) is 6.42 Å². The van der Waals surface area contributed by atoms with E-state index >= 15 is 0 Å². The number of nitro groups is 1. The van der Waals surface area contributed by atoms with E-state index in [-0.39, 0.29) is 5.69 Å². The quantitative estimate of drug-likeness (QED) is 0.624. The maximum atomic E-state index is 11.2. The first kappa shape index (κ1) is 11.8. The van der Waals surface area contributed by atoms with Crippen LogP contribution in [0.25, 0.3) is 11.0 Å². The highest BCUT2D eigenvalue weighted by Crippen LogP contribution is 2.31. The number of fused-ring (bicyclic) bond motifs is 1. The first-order chi connectivity index (χ1) is 9.06. The zero-order valence-corrected chi connectivity index (χ0v) is 10.4. The molecular weight excluding hydrogens is 250 g/mol. The van der Waals surface area contributed by atoms with Crippen LogP contribution in [0.15, 0.2) is 12.3 Å². The summed E-state index contributed by atoms with van der Waals surface area (Å²) >= 11 is 0. The number of nitrogens with zero attached hydrogens (tertiary/aromatic N) is 5. The van der Waals surface area contributed by atoms with Crippen LogP contribution in [0.3, 0.4) is 0 Å². The van der Waals surface area contributed by atoms with Gasteiger partial charge in [0, 0.05) is 31.6 Å². The average Bonchev–Trinajstić information content (AvgIpc) is 2.95. The summed E-state index contributed by atoms with van der Waals surface area (Å²) in [6.45, 7) is 0.940. The molecule has 3 rings (SSSR count). The summed E-state index contributed by atoms with van der Waals surface area (Å²) in [5.74, 6) is 0.303. The number of β-amino-alcohol motifs (C(OH)–C–C–N with tert-alkyl or cyclic N) is 1. The van der Waals surface area contributed by atoms with Crippen LogP contribution < -0.4 is 4.90 Å². The number of anilines is 1. The Labute approximate surface area is 108 Å². The lowest BCUT2D eigenvalue weighted by molar-refractivity contribution is -0.384. The minimum absolute atomic E-state index is 0.0467. The summed E-state index contributed by atoms with van der Waals surface area (Å²) in [5, 5.41) is 25.4. The van der Waals surface area contributed by atoms with Crippen LogP contribution in [0.2, 0.25) is 0 Å². The van der Waals surface area contributed by atoms with Crippen LogP contribution in [0.5, 0.6) is 0 Å². The Balaban J connectivity index is 2.16. The second-order valence-corrected chi connectivity index (χ2v) is 4.66. The van der Waals surface area contributed by atoms with E-state index < -0.39 is 11.0 Å². The van der Waals surface area contributed by atoms with Gasteiger partial charge in [-0.15, -0.1) is 0 Å². The number of aryl methyl sites for hydroxylation is 1. The molecule has 1 aliphatic rings. The van der Waals surface area contributed by atoms with E-state index in [1.807, 2.05) is 0 Å². The smallest absolute Gasteiger partial charge is 0.312 e. The van der Waals surface area contributed by atoms with Crippen molar-refractivity contribution in [2.45, 2.75) is 12.5 Å². The van der Waals surface area contributed by atoms with Crippen LogP contribution >= 0.6 is 0 Å². The van der Waals surface area contributed by atoms with Gasteiger partial charge in [-0.05, 0) is 6.42 Å². The molecule has 8 heteroatoms. The van der Waals surface area contributed by atoms with Crippen molar-refractivity contribution in [3.8, 4) is 0 Å². The van der Waals surface area contributed by atoms with Crippen molar-refractivity contribution in [1.29, 1.82) is 0 Å². The van der Waals surface area contributed by atoms with Crippen molar-refractivity contribution in [2.24, 2.45) is 7.05 Å². The van der Waals surface area contributed by atoms with Gasteiger partial charge in [0.25, 0.3) is 0 Å². The van der Waals surface area contributed by atoms with Gasteiger partial charge < -0.3 is 10.0 Å². The van der Waals surface area contributed by atoms with Crippen molar-refractivity contribution in [3.63, 3.8) is 0 Å². The van der Waals surface area contributed by atoms with Crippen molar-refractivity contribution in [3.05, 3.63) is 22.4 Å². The minimum atomic E-state index is -0.455. The molecule has 0 aliphatic carbocycles. The van der Waals surface area contributed by atoms with Gasteiger partial charge >= 0.3 is 5.69 Å². The highest BCUT2D eigenvalue weighted by molar-refractivity contribution is 5.82. The predicted octanol–water partition coefficient (Wildman–Crippen LogP) is 0.447. The third-order valence-corrected chi connectivity index (χ3v) is 3.33.